The van der Waals surface area contributed by atoms with Crippen LogP contribution in [0.2, 0.25) is 0 Å². The summed E-state index contributed by atoms with van der Waals surface area (Å²) >= 11 is 0. The van der Waals surface area contributed by atoms with Crippen molar-refractivity contribution in [2.24, 2.45) is 5.92 Å². The number of hydrogen-bond donors (Lipinski definition) is 0. The predicted octanol–water partition coefficient (Wildman–Crippen LogP) is 4.02. The Bertz CT molecular complexity index is 862. The van der Waals surface area contributed by atoms with Gasteiger partial charge in [-0.1, -0.05) is 42.5 Å². The third-order valence-corrected chi connectivity index (χ3v) is 6.06. The summed E-state index contributed by atoms with van der Waals surface area (Å²) in [6.45, 7) is 5.36. The summed E-state index contributed by atoms with van der Waals surface area (Å²) in [7, 11) is 0. The summed E-state index contributed by atoms with van der Waals surface area (Å²) in [4.78, 5) is 29.7. The minimum Gasteiger partial charge on any atom is -0.335 e. The van der Waals surface area contributed by atoms with Gasteiger partial charge in [-0.3, -0.25) is 9.59 Å². The number of carbonyl (C=O) groups is 2. The minimum absolute atomic E-state index is 0.0532. The molecular weight excluding hydrogens is 336 g/mol. The van der Waals surface area contributed by atoms with Gasteiger partial charge in [0.25, 0.3) is 0 Å². The number of anilines is 1. The van der Waals surface area contributed by atoms with E-state index in [0.29, 0.717) is 13.0 Å². The molecule has 2 fully saturated rings. The van der Waals surface area contributed by atoms with Crippen LogP contribution in [0.1, 0.15) is 42.0 Å². The molecule has 2 saturated heterocycles. The summed E-state index contributed by atoms with van der Waals surface area (Å²) in [5, 5.41) is 0. The molecule has 0 spiro atoms. The Balaban J connectivity index is 1.53. The van der Waals surface area contributed by atoms with Gasteiger partial charge in [0, 0.05) is 25.2 Å². The van der Waals surface area contributed by atoms with Crippen LogP contribution in [0.5, 0.6) is 0 Å². The molecule has 140 valence electrons. The highest BCUT2D eigenvalue weighted by atomic mass is 16.2. The van der Waals surface area contributed by atoms with E-state index in [4.69, 9.17) is 0 Å². The number of rotatable bonds is 3. The normalized spacial score (nSPS) is 22.5. The molecule has 2 aromatic carbocycles. The lowest BCUT2D eigenvalue weighted by atomic mass is 10.0. The molecule has 2 heterocycles. The second-order valence-electron chi connectivity index (χ2n) is 7.72. The maximum absolute atomic E-state index is 13.3. The highest BCUT2D eigenvalue weighted by Gasteiger charge is 2.40. The number of likely N-dealkylation sites (tertiary alicyclic amines) is 1. The number of aryl methyl sites for hydroxylation is 1. The summed E-state index contributed by atoms with van der Waals surface area (Å²) in [5.74, 6) is -0.0678. The van der Waals surface area contributed by atoms with E-state index in [2.05, 4.69) is 25.1 Å². The molecule has 0 saturated carbocycles. The molecule has 2 aromatic rings. The van der Waals surface area contributed by atoms with Crippen molar-refractivity contribution in [1.29, 1.82) is 0 Å². The fraction of sp³-hybridized carbons (Fsp3) is 0.391. The van der Waals surface area contributed by atoms with Crippen LogP contribution in [0.25, 0.3) is 0 Å². The maximum atomic E-state index is 13.3. The third kappa shape index (κ3) is 3.25. The monoisotopic (exact) mass is 362 g/mol. The molecule has 0 bridgehead atoms. The van der Waals surface area contributed by atoms with Gasteiger partial charge in [0.05, 0.1) is 12.0 Å². The highest BCUT2D eigenvalue weighted by molar-refractivity contribution is 6.01. The lowest BCUT2D eigenvalue weighted by Crippen LogP contribution is -2.37. The van der Waals surface area contributed by atoms with Crippen LogP contribution in [0.15, 0.2) is 48.5 Å². The van der Waals surface area contributed by atoms with Gasteiger partial charge in [-0.25, -0.2) is 0 Å². The first-order valence-corrected chi connectivity index (χ1v) is 9.78. The molecule has 0 radical (unpaired) electrons. The molecule has 4 rings (SSSR count). The Kier molecular flexibility index (Phi) is 4.73. The van der Waals surface area contributed by atoms with Crippen LogP contribution in [0, 0.1) is 19.8 Å². The van der Waals surface area contributed by atoms with Crippen molar-refractivity contribution < 1.29 is 9.59 Å². The number of amides is 2. The van der Waals surface area contributed by atoms with Crippen molar-refractivity contribution >= 4 is 17.5 Å². The van der Waals surface area contributed by atoms with E-state index in [1.807, 2.05) is 42.2 Å². The first-order chi connectivity index (χ1) is 13.1. The molecule has 2 atom stereocenters. The Hall–Kier alpha value is -2.62. The van der Waals surface area contributed by atoms with E-state index < -0.39 is 0 Å². The van der Waals surface area contributed by atoms with Gasteiger partial charge in [-0.2, -0.15) is 0 Å². The van der Waals surface area contributed by atoms with Crippen molar-refractivity contribution in [2.45, 2.75) is 39.2 Å². The molecular formula is C23H26N2O2. The van der Waals surface area contributed by atoms with E-state index in [-0.39, 0.29) is 23.8 Å². The molecule has 4 heteroatoms. The zero-order valence-corrected chi connectivity index (χ0v) is 16.0. The summed E-state index contributed by atoms with van der Waals surface area (Å²) < 4.78 is 0. The molecule has 2 aliphatic rings. The predicted molar refractivity (Wildman–Crippen MR) is 107 cm³/mol. The van der Waals surface area contributed by atoms with Crippen molar-refractivity contribution in [3.63, 3.8) is 0 Å². The van der Waals surface area contributed by atoms with Crippen LogP contribution in [-0.2, 0) is 9.59 Å². The summed E-state index contributed by atoms with van der Waals surface area (Å²) in [6, 6.07) is 16.4. The molecule has 27 heavy (non-hydrogen) atoms. The number of carbonyl (C=O) groups excluding carboxylic acids is 2. The van der Waals surface area contributed by atoms with Crippen LogP contribution in [0.3, 0.4) is 0 Å². The van der Waals surface area contributed by atoms with Crippen molar-refractivity contribution in [3.05, 3.63) is 65.2 Å². The Morgan fingerprint density at radius 3 is 2.59 bits per heavy atom. The summed E-state index contributed by atoms with van der Waals surface area (Å²) in [5.41, 5.74) is 4.41. The number of nitrogens with zero attached hydrogens (tertiary/aromatic N) is 2. The zero-order valence-electron chi connectivity index (χ0n) is 16.0. The summed E-state index contributed by atoms with van der Waals surface area (Å²) in [6.07, 6.45) is 2.33. The van der Waals surface area contributed by atoms with Gasteiger partial charge in [0.1, 0.15) is 0 Å². The molecule has 0 unspecified atom stereocenters. The SMILES string of the molecule is Cc1cccc(N2C[C@H](C(=O)N3CCC[C@@H]3c3ccccc3)CC2=O)c1C. The van der Waals surface area contributed by atoms with Crippen LogP contribution >= 0.6 is 0 Å². The standard InChI is InChI=1S/C23H26N2O2/c1-16-8-6-11-20(17(16)2)25-15-19(14-22(25)26)23(27)24-13-7-12-21(24)18-9-4-3-5-10-18/h3-6,8-11,19,21H,7,12-15H2,1-2H3/t19-,21-/m1/s1. The third-order valence-electron chi connectivity index (χ3n) is 6.06. The Labute approximate surface area is 160 Å². The van der Waals surface area contributed by atoms with E-state index in [1.54, 1.807) is 4.90 Å². The topological polar surface area (TPSA) is 40.6 Å². The van der Waals surface area contributed by atoms with E-state index in [0.717, 1.165) is 30.6 Å². The van der Waals surface area contributed by atoms with Crippen LogP contribution in [-0.4, -0.2) is 29.8 Å². The average Bonchev–Trinajstić information content (AvgIpc) is 3.31. The van der Waals surface area contributed by atoms with Gasteiger partial charge in [0.2, 0.25) is 11.8 Å². The fourth-order valence-electron chi connectivity index (χ4n) is 4.42. The van der Waals surface area contributed by atoms with Crippen molar-refractivity contribution in [1.82, 2.24) is 4.90 Å². The smallest absolute Gasteiger partial charge is 0.228 e. The average molecular weight is 362 g/mol. The first kappa shape index (κ1) is 17.8. The van der Waals surface area contributed by atoms with Gasteiger partial charge < -0.3 is 9.80 Å². The van der Waals surface area contributed by atoms with E-state index >= 15 is 0 Å². The maximum Gasteiger partial charge on any atom is 0.228 e. The lowest BCUT2D eigenvalue weighted by Gasteiger charge is -2.28. The molecule has 4 nitrogen and oxygen atoms in total. The molecule has 0 aliphatic carbocycles. The molecule has 2 aliphatic heterocycles. The second kappa shape index (κ2) is 7.18. The number of hydrogen-bond acceptors (Lipinski definition) is 2. The first-order valence-electron chi connectivity index (χ1n) is 9.78. The Morgan fingerprint density at radius 2 is 1.81 bits per heavy atom. The largest absolute Gasteiger partial charge is 0.335 e. The van der Waals surface area contributed by atoms with E-state index in [1.165, 1.54) is 11.1 Å². The number of benzene rings is 2. The van der Waals surface area contributed by atoms with Crippen LogP contribution < -0.4 is 4.90 Å². The highest BCUT2D eigenvalue weighted by Crippen LogP contribution is 2.36. The van der Waals surface area contributed by atoms with Gasteiger partial charge >= 0.3 is 0 Å². The quantitative estimate of drug-likeness (QED) is 0.827. The molecule has 0 N–H and O–H groups in total. The van der Waals surface area contributed by atoms with Gasteiger partial charge in [-0.15, -0.1) is 0 Å². The van der Waals surface area contributed by atoms with Crippen molar-refractivity contribution in [2.75, 3.05) is 18.0 Å². The fourth-order valence-corrected chi connectivity index (χ4v) is 4.42. The molecule has 2 amide bonds. The zero-order chi connectivity index (χ0) is 19.0. The minimum atomic E-state index is -0.248. The van der Waals surface area contributed by atoms with E-state index in [9.17, 15) is 9.59 Å². The molecule has 0 aromatic heterocycles. The van der Waals surface area contributed by atoms with Crippen LogP contribution in [0.4, 0.5) is 5.69 Å². The van der Waals surface area contributed by atoms with Gasteiger partial charge in [-0.05, 0) is 49.4 Å². The van der Waals surface area contributed by atoms with Gasteiger partial charge in [0.15, 0.2) is 0 Å². The second-order valence-corrected chi connectivity index (χ2v) is 7.72. The lowest BCUT2D eigenvalue weighted by molar-refractivity contribution is -0.136. The van der Waals surface area contributed by atoms with Crippen molar-refractivity contribution in [3.8, 4) is 0 Å². The Morgan fingerprint density at radius 1 is 1.04 bits per heavy atom.